The molecular weight excluding hydrogens is 326 g/mol. The Labute approximate surface area is 157 Å². The minimum Gasteiger partial charge on any atom is -0.373 e. The molecule has 5 heteroatoms. The van der Waals surface area contributed by atoms with Gasteiger partial charge in [0.05, 0.1) is 12.2 Å². The number of hydrogen-bond donors (Lipinski definition) is 1. The summed E-state index contributed by atoms with van der Waals surface area (Å²) in [7, 11) is 0. The molecule has 0 saturated carbocycles. The Bertz CT molecular complexity index is 562. The Morgan fingerprint density at radius 2 is 1.77 bits per heavy atom. The minimum atomic E-state index is -0.210. The highest BCUT2D eigenvalue weighted by atomic mass is 16.5. The van der Waals surface area contributed by atoms with Crippen LogP contribution in [0.15, 0.2) is 30.3 Å². The predicted octanol–water partition coefficient (Wildman–Crippen LogP) is 2.42. The fourth-order valence-corrected chi connectivity index (χ4v) is 4.30. The van der Waals surface area contributed by atoms with Gasteiger partial charge in [-0.25, -0.2) is 0 Å². The van der Waals surface area contributed by atoms with Crippen molar-refractivity contribution in [1.29, 1.82) is 0 Å². The van der Waals surface area contributed by atoms with Gasteiger partial charge in [0.1, 0.15) is 0 Å². The number of rotatable bonds is 5. The topological polar surface area (TPSA) is 58.8 Å². The third-order valence-corrected chi connectivity index (χ3v) is 5.60. The molecule has 3 atom stereocenters. The fourth-order valence-electron chi connectivity index (χ4n) is 4.30. The molecule has 0 radical (unpaired) electrons. The Morgan fingerprint density at radius 3 is 2.38 bits per heavy atom. The zero-order valence-corrected chi connectivity index (χ0v) is 16.1. The lowest BCUT2D eigenvalue weighted by Crippen LogP contribution is -2.48. The van der Waals surface area contributed by atoms with E-state index in [4.69, 9.17) is 10.5 Å². The third kappa shape index (κ3) is 5.29. The van der Waals surface area contributed by atoms with Crippen molar-refractivity contribution in [3.05, 3.63) is 35.9 Å². The quantitative estimate of drug-likeness (QED) is 0.877. The van der Waals surface area contributed by atoms with E-state index in [1.807, 2.05) is 35.2 Å². The normalized spacial score (nSPS) is 26.7. The van der Waals surface area contributed by atoms with Gasteiger partial charge in [-0.15, -0.1) is 0 Å². The van der Waals surface area contributed by atoms with Crippen molar-refractivity contribution >= 4 is 5.91 Å². The first-order chi connectivity index (χ1) is 12.5. The van der Waals surface area contributed by atoms with Gasteiger partial charge in [0.15, 0.2) is 0 Å². The van der Waals surface area contributed by atoms with Crippen molar-refractivity contribution < 1.29 is 9.53 Å². The van der Waals surface area contributed by atoms with Crippen LogP contribution in [0.25, 0.3) is 0 Å². The molecule has 2 N–H and O–H groups in total. The van der Waals surface area contributed by atoms with Gasteiger partial charge in [0.2, 0.25) is 5.91 Å². The molecule has 1 aromatic carbocycles. The lowest BCUT2D eigenvalue weighted by Gasteiger charge is -2.39. The molecule has 2 saturated heterocycles. The number of carbonyl (C=O) groups excluding carboxylic acids is 1. The Balaban J connectivity index is 1.42. The number of piperidine rings is 1. The maximum Gasteiger partial charge on any atom is 0.224 e. The van der Waals surface area contributed by atoms with Gasteiger partial charge < -0.3 is 15.4 Å². The summed E-state index contributed by atoms with van der Waals surface area (Å²) in [5.74, 6) is 0.868. The van der Waals surface area contributed by atoms with E-state index in [1.165, 1.54) is 0 Å². The maximum absolute atomic E-state index is 12.6. The van der Waals surface area contributed by atoms with Crippen LogP contribution < -0.4 is 5.73 Å². The summed E-state index contributed by atoms with van der Waals surface area (Å²) < 4.78 is 5.82. The predicted molar refractivity (Wildman–Crippen MR) is 104 cm³/mol. The number of amides is 1. The minimum absolute atomic E-state index is 0.188. The summed E-state index contributed by atoms with van der Waals surface area (Å²) in [6, 6.07) is 9.69. The first-order valence-electron chi connectivity index (χ1n) is 9.97. The third-order valence-electron chi connectivity index (χ3n) is 5.60. The van der Waals surface area contributed by atoms with E-state index in [9.17, 15) is 4.79 Å². The zero-order chi connectivity index (χ0) is 18.5. The van der Waals surface area contributed by atoms with Gasteiger partial charge in [-0.1, -0.05) is 30.3 Å². The Kier molecular flexibility index (Phi) is 6.68. The van der Waals surface area contributed by atoms with E-state index in [1.54, 1.807) is 0 Å². The number of nitrogens with two attached hydrogens (primary N) is 1. The second-order valence-corrected chi connectivity index (χ2v) is 8.02. The monoisotopic (exact) mass is 359 g/mol. The van der Waals surface area contributed by atoms with E-state index in [0.717, 1.165) is 51.1 Å². The molecule has 26 heavy (non-hydrogen) atoms. The van der Waals surface area contributed by atoms with Gasteiger partial charge in [0, 0.05) is 45.2 Å². The molecule has 2 aliphatic heterocycles. The van der Waals surface area contributed by atoms with E-state index in [0.29, 0.717) is 24.5 Å². The number of morpholine rings is 1. The molecule has 5 nitrogen and oxygen atoms in total. The van der Waals surface area contributed by atoms with Crippen molar-refractivity contribution in [2.24, 2.45) is 11.7 Å². The molecule has 1 aromatic rings. The average molecular weight is 360 g/mol. The maximum atomic E-state index is 12.6. The Hall–Kier alpha value is -1.43. The number of nitrogens with zero attached hydrogens (tertiary/aromatic N) is 2. The van der Waals surface area contributed by atoms with Crippen molar-refractivity contribution in [2.75, 3.05) is 32.7 Å². The highest BCUT2D eigenvalue weighted by molar-refractivity contribution is 5.77. The van der Waals surface area contributed by atoms with Crippen LogP contribution in [0.3, 0.4) is 0 Å². The van der Waals surface area contributed by atoms with Crippen LogP contribution in [0.5, 0.6) is 0 Å². The number of carbonyl (C=O) groups is 1. The molecule has 2 heterocycles. The van der Waals surface area contributed by atoms with Gasteiger partial charge in [-0.3, -0.25) is 9.69 Å². The average Bonchev–Trinajstić information content (AvgIpc) is 2.62. The molecule has 0 spiro atoms. The summed E-state index contributed by atoms with van der Waals surface area (Å²) in [5, 5.41) is 0. The fraction of sp³-hybridized carbons (Fsp3) is 0.667. The highest BCUT2D eigenvalue weighted by Crippen LogP contribution is 2.23. The zero-order valence-electron chi connectivity index (χ0n) is 16.1. The van der Waals surface area contributed by atoms with Crippen LogP contribution in [0.4, 0.5) is 0 Å². The number of ether oxygens (including phenoxy) is 1. The van der Waals surface area contributed by atoms with Gasteiger partial charge >= 0.3 is 0 Å². The smallest absolute Gasteiger partial charge is 0.224 e. The van der Waals surface area contributed by atoms with E-state index < -0.39 is 0 Å². The first kappa shape index (κ1) is 19.3. The van der Waals surface area contributed by atoms with Crippen LogP contribution in [0, 0.1) is 5.92 Å². The molecule has 2 fully saturated rings. The van der Waals surface area contributed by atoms with Crippen LogP contribution >= 0.6 is 0 Å². The molecular formula is C21H33N3O2. The van der Waals surface area contributed by atoms with Crippen LogP contribution in [0.1, 0.15) is 44.7 Å². The summed E-state index contributed by atoms with van der Waals surface area (Å²) in [6.45, 7) is 9.20. The van der Waals surface area contributed by atoms with Gasteiger partial charge in [-0.2, -0.15) is 0 Å². The van der Waals surface area contributed by atoms with Crippen LogP contribution in [-0.2, 0) is 9.53 Å². The summed E-state index contributed by atoms with van der Waals surface area (Å²) >= 11 is 0. The first-order valence-corrected chi connectivity index (χ1v) is 9.97. The lowest BCUT2D eigenvalue weighted by atomic mass is 9.95. The van der Waals surface area contributed by atoms with Gasteiger partial charge in [0.25, 0.3) is 0 Å². The van der Waals surface area contributed by atoms with Gasteiger partial charge in [-0.05, 0) is 38.2 Å². The van der Waals surface area contributed by atoms with E-state index in [2.05, 4.69) is 18.7 Å². The standard InChI is InChI=1S/C21H33N3O2/c1-16-13-23(14-17(2)26-16)15-18-8-10-24(11-9-18)21(25)12-20(22)19-6-4-3-5-7-19/h3-7,16-18,20H,8-15,22H2,1-2H3. The summed E-state index contributed by atoms with van der Waals surface area (Å²) in [6.07, 6.45) is 3.21. The molecule has 0 bridgehead atoms. The lowest BCUT2D eigenvalue weighted by molar-refractivity contribution is -0.133. The molecule has 2 aliphatic rings. The summed E-state index contributed by atoms with van der Waals surface area (Å²) in [4.78, 5) is 17.1. The molecule has 0 aliphatic carbocycles. The SMILES string of the molecule is CC1CN(CC2CCN(C(=O)CC(N)c3ccccc3)CC2)CC(C)O1. The molecule has 1 amide bonds. The molecule has 0 aromatic heterocycles. The highest BCUT2D eigenvalue weighted by Gasteiger charge is 2.28. The second-order valence-electron chi connectivity index (χ2n) is 8.02. The van der Waals surface area contributed by atoms with Crippen molar-refractivity contribution in [2.45, 2.75) is 51.4 Å². The van der Waals surface area contributed by atoms with Crippen LogP contribution in [-0.4, -0.2) is 60.6 Å². The molecule has 3 unspecified atom stereocenters. The van der Waals surface area contributed by atoms with Crippen molar-refractivity contribution in [1.82, 2.24) is 9.80 Å². The van der Waals surface area contributed by atoms with Crippen molar-refractivity contribution in [3.8, 4) is 0 Å². The van der Waals surface area contributed by atoms with E-state index in [-0.39, 0.29) is 11.9 Å². The molecule has 144 valence electrons. The number of likely N-dealkylation sites (tertiary alicyclic amines) is 1. The number of hydrogen-bond acceptors (Lipinski definition) is 4. The number of benzene rings is 1. The largest absolute Gasteiger partial charge is 0.373 e. The summed E-state index contributed by atoms with van der Waals surface area (Å²) in [5.41, 5.74) is 7.25. The second kappa shape index (κ2) is 8.98. The van der Waals surface area contributed by atoms with Crippen LogP contribution in [0.2, 0.25) is 0 Å². The molecule has 3 rings (SSSR count). The van der Waals surface area contributed by atoms with E-state index >= 15 is 0 Å². The van der Waals surface area contributed by atoms with Crippen molar-refractivity contribution in [3.63, 3.8) is 0 Å². The Morgan fingerprint density at radius 1 is 1.15 bits per heavy atom.